The van der Waals surface area contributed by atoms with Crippen molar-refractivity contribution >= 4 is 23.2 Å². The minimum absolute atomic E-state index is 0.0698. The van der Waals surface area contributed by atoms with Crippen LogP contribution in [0.1, 0.15) is 19.8 Å². The Hall–Kier alpha value is 1.19. The van der Waals surface area contributed by atoms with Crippen LogP contribution in [0.15, 0.2) is 0 Å². The fraction of sp³-hybridized carbons (Fsp3) is 1.00. The number of hydrogen-bond acceptors (Lipinski definition) is 2. The van der Waals surface area contributed by atoms with Gasteiger partial charge >= 0.3 is 89.1 Å². The number of hydrogen-bond donors (Lipinski definition) is 2. The summed E-state index contributed by atoms with van der Waals surface area (Å²) in [5, 5.41) is 0. The standard InChI is InChI=1S/C6H13Cl2N2.Pt/c1-2-5(4-9)3-6(7,8)10;/h4-5H,2-3,9-10H2,1H3;. The van der Waals surface area contributed by atoms with Gasteiger partial charge in [-0.05, 0) is 0 Å². The Balaban J connectivity index is 3.88. The fourth-order valence-corrected chi connectivity index (χ4v) is 2.01. The van der Waals surface area contributed by atoms with Gasteiger partial charge < -0.3 is 0 Å². The van der Waals surface area contributed by atoms with Gasteiger partial charge in [-0.2, -0.15) is 0 Å². The second-order valence-corrected chi connectivity index (χ2v) is 5.59. The molecule has 4 N–H and O–H groups in total. The van der Waals surface area contributed by atoms with Crippen LogP contribution < -0.4 is 11.5 Å². The summed E-state index contributed by atoms with van der Waals surface area (Å²) in [6.07, 6.45) is 1.49. The molecule has 0 aliphatic carbocycles. The van der Waals surface area contributed by atoms with Gasteiger partial charge in [0.15, 0.2) is 0 Å². The van der Waals surface area contributed by atoms with Gasteiger partial charge in [-0.25, -0.2) is 0 Å². The van der Waals surface area contributed by atoms with E-state index in [0.29, 0.717) is 6.42 Å². The van der Waals surface area contributed by atoms with E-state index in [1.165, 1.54) is 0 Å². The van der Waals surface area contributed by atoms with Crippen molar-refractivity contribution in [1.29, 1.82) is 0 Å². The van der Waals surface area contributed by atoms with Gasteiger partial charge in [0.2, 0.25) is 0 Å². The number of halogens is 2. The van der Waals surface area contributed by atoms with Crippen LogP contribution in [-0.4, -0.2) is 8.89 Å². The molecule has 11 heavy (non-hydrogen) atoms. The molecule has 0 fully saturated rings. The molecule has 0 aromatic rings. The summed E-state index contributed by atoms with van der Waals surface area (Å²) < 4.78 is -1.07. The molecule has 2 nitrogen and oxygen atoms in total. The zero-order valence-electron chi connectivity index (χ0n) is 6.30. The Morgan fingerprint density at radius 3 is 2.09 bits per heavy atom. The van der Waals surface area contributed by atoms with Gasteiger partial charge in [-0.1, -0.05) is 0 Å². The van der Waals surface area contributed by atoms with Crippen LogP contribution in [0.4, 0.5) is 0 Å². The van der Waals surface area contributed by atoms with E-state index in [1.807, 2.05) is 6.92 Å². The SMILES string of the molecule is CCC(CC(N)(Cl)Cl)[CH](N)[Pt]. The molecule has 0 heterocycles. The number of alkyl halides is 2. The number of nitrogens with two attached hydrogens (primary N) is 2. The maximum atomic E-state index is 5.67. The average molecular weight is 379 g/mol. The summed E-state index contributed by atoms with van der Waals surface area (Å²) >= 11 is 13.4. The quantitative estimate of drug-likeness (QED) is 0.572. The first kappa shape index (κ1) is 12.2. The third kappa shape index (κ3) is 6.36. The zero-order valence-corrected chi connectivity index (χ0v) is 10.1. The van der Waals surface area contributed by atoms with E-state index >= 15 is 0 Å². The molecule has 0 aliphatic rings. The van der Waals surface area contributed by atoms with E-state index < -0.39 is 4.46 Å². The van der Waals surface area contributed by atoms with Crippen molar-refractivity contribution in [3.63, 3.8) is 0 Å². The van der Waals surface area contributed by atoms with Crippen LogP contribution in [0.5, 0.6) is 0 Å². The fourth-order valence-electron chi connectivity index (χ4n) is 0.810. The van der Waals surface area contributed by atoms with Crippen LogP contribution in [0, 0.1) is 5.92 Å². The van der Waals surface area contributed by atoms with E-state index in [0.717, 1.165) is 6.42 Å². The molecule has 2 unspecified atom stereocenters. The van der Waals surface area contributed by atoms with Crippen LogP contribution in [0.3, 0.4) is 0 Å². The summed E-state index contributed by atoms with van der Waals surface area (Å²) in [6.45, 7) is 2.04. The van der Waals surface area contributed by atoms with Crippen molar-refractivity contribution in [1.82, 2.24) is 0 Å². The average Bonchev–Trinajstić information content (AvgIpc) is 1.80. The molecule has 0 spiro atoms. The summed E-state index contributed by atoms with van der Waals surface area (Å²) in [7, 11) is 0. The van der Waals surface area contributed by atoms with Crippen molar-refractivity contribution in [2.24, 2.45) is 17.4 Å². The van der Waals surface area contributed by atoms with E-state index in [4.69, 9.17) is 34.7 Å². The zero-order chi connectivity index (χ0) is 9.07. The Kier molecular flexibility index (Phi) is 5.58. The van der Waals surface area contributed by atoms with Crippen molar-refractivity contribution in [2.75, 3.05) is 0 Å². The van der Waals surface area contributed by atoms with E-state index in [1.54, 1.807) is 0 Å². The molecule has 0 saturated heterocycles. The Morgan fingerprint density at radius 1 is 1.55 bits per heavy atom. The molecule has 0 bridgehead atoms. The third-order valence-electron chi connectivity index (χ3n) is 1.48. The van der Waals surface area contributed by atoms with Gasteiger partial charge in [0.1, 0.15) is 0 Å². The first-order valence-corrected chi connectivity index (χ1v) is 5.46. The predicted octanol–water partition coefficient (Wildman–Crippen LogP) is 1.32. The van der Waals surface area contributed by atoms with E-state index in [-0.39, 0.29) is 10.3 Å². The maximum absolute atomic E-state index is 5.67. The molecular weight excluding hydrogens is 366 g/mol. The van der Waals surface area contributed by atoms with Crippen molar-refractivity contribution in [3.8, 4) is 0 Å². The molecule has 0 aromatic heterocycles. The van der Waals surface area contributed by atoms with Crippen LogP contribution in [0.25, 0.3) is 0 Å². The molecule has 0 aromatic carbocycles. The molecule has 0 amide bonds. The summed E-state index contributed by atoms with van der Waals surface area (Å²) in [6, 6.07) is 0. The summed E-state index contributed by atoms with van der Waals surface area (Å²) in [5.41, 5.74) is 11.1. The minimum atomic E-state index is -1.14. The first-order chi connectivity index (χ1) is 4.87. The van der Waals surface area contributed by atoms with Crippen molar-refractivity contribution < 1.29 is 19.8 Å². The summed E-state index contributed by atoms with van der Waals surface area (Å²) in [4.78, 5) is 0. The van der Waals surface area contributed by atoms with Crippen molar-refractivity contribution in [3.05, 3.63) is 0 Å². The molecule has 0 saturated carbocycles. The Morgan fingerprint density at radius 2 is 2.00 bits per heavy atom. The van der Waals surface area contributed by atoms with Gasteiger partial charge in [-0.3, -0.25) is 0 Å². The van der Waals surface area contributed by atoms with E-state index in [2.05, 4.69) is 19.8 Å². The van der Waals surface area contributed by atoms with Crippen molar-refractivity contribution in [2.45, 2.75) is 28.7 Å². The topological polar surface area (TPSA) is 52.0 Å². The third-order valence-corrected chi connectivity index (χ3v) is 2.86. The van der Waals surface area contributed by atoms with Gasteiger partial charge in [0.05, 0.1) is 0 Å². The Labute approximate surface area is 88.9 Å². The molecule has 5 heteroatoms. The molecule has 0 aliphatic heterocycles. The summed E-state index contributed by atoms with van der Waals surface area (Å²) in [5.74, 6) is 0.289. The van der Waals surface area contributed by atoms with E-state index in [9.17, 15) is 0 Å². The second kappa shape index (κ2) is 5.03. The molecule has 0 rings (SSSR count). The molecule has 0 radical (unpaired) electrons. The molecule has 2 atom stereocenters. The molecule has 71 valence electrons. The monoisotopic (exact) mass is 378 g/mol. The Bertz CT molecular complexity index is 114. The van der Waals surface area contributed by atoms with Crippen LogP contribution in [-0.2, 0) is 19.8 Å². The normalized spacial score (nSPS) is 18.1. The van der Waals surface area contributed by atoms with Gasteiger partial charge in [-0.15, -0.1) is 0 Å². The van der Waals surface area contributed by atoms with Crippen LogP contribution >= 0.6 is 23.2 Å². The first-order valence-electron chi connectivity index (χ1n) is 3.39. The predicted molar refractivity (Wildman–Crippen MR) is 45.0 cm³/mol. The van der Waals surface area contributed by atoms with Crippen LogP contribution in [0.2, 0.25) is 0 Å². The second-order valence-electron chi connectivity index (χ2n) is 2.54. The van der Waals surface area contributed by atoms with Gasteiger partial charge in [0.25, 0.3) is 0 Å². The molecular formula is C6H13Cl2N2Pt. The number of rotatable bonds is 4. The van der Waals surface area contributed by atoms with Gasteiger partial charge in [0, 0.05) is 0 Å².